The molecule has 3 rings (SSSR count). The standard InChI is InChI=1S/C24H30O5/c1-15(7-5-8-16(2)14-25)9-6-12-24(4)17(3)21-22(29-24)19-11-10-18(26)13-20(19)28-23(21)27/h8-11,13,17,25-26H,5-7,12,14H2,1-4H3/b15-9+,16-8+/t17-,24+/m0/s1. The lowest BCUT2D eigenvalue weighted by Gasteiger charge is -2.28. The number of aliphatic hydroxyl groups excluding tert-OH is 1. The third-order valence-electron chi connectivity index (χ3n) is 5.98. The molecule has 0 fully saturated rings. The van der Waals surface area contributed by atoms with Crippen molar-refractivity contribution in [3.8, 4) is 11.5 Å². The zero-order valence-corrected chi connectivity index (χ0v) is 17.6. The third kappa shape index (κ3) is 4.40. The van der Waals surface area contributed by atoms with Crippen molar-refractivity contribution in [3.05, 3.63) is 57.5 Å². The molecule has 0 unspecified atom stereocenters. The van der Waals surface area contributed by atoms with E-state index >= 15 is 0 Å². The molecular weight excluding hydrogens is 368 g/mol. The van der Waals surface area contributed by atoms with Crippen molar-refractivity contribution >= 4 is 11.0 Å². The van der Waals surface area contributed by atoms with Crippen molar-refractivity contribution in [1.82, 2.24) is 0 Å². The summed E-state index contributed by atoms with van der Waals surface area (Å²) in [5.41, 5.74) is 2.33. The molecule has 156 valence electrons. The summed E-state index contributed by atoms with van der Waals surface area (Å²) in [5, 5.41) is 19.4. The number of rotatable bonds is 7. The van der Waals surface area contributed by atoms with E-state index in [0.29, 0.717) is 22.3 Å². The van der Waals surface area contributed by atoms with Crippen molar-refractivity contribution < 1.29 is 19.4 Å². The number of phenols is 1. The lowest BCUT2D eigenvalue weighted by molar-refractivity contribution is 0.0862. The van der Waals surface area contributed by atoms with E-state index < -0.39 is 11.2 Å². The molecule has 0 bridgehead atoms. The highest BCUT2D eigenvalue weighted by Crippen LogP contribution is 2.48. The Kier molecular flexibility index (Phi) is 6.18. The van der Waals surface area contributed by atoms with Gasteiger partial charge in [-0.1, -0.05) is 30.2 Å². The van der Waals surface area contributed by atoms with E-state index in [1.807, 2.05) is 20.8 Å². The minimum Gasteiger partial charge on any atom is -0.508 e. The molecule has 2 atom stereocenters. The molecule has 1 aliphatic rings. The first-order chi connectivity index (χ1) is 13.7. The molecule has 0 saturated carbocycles. The van der Waals surface area contributed by atoms with E-state index in [2.05, 4.69) is 19.1 Å². The smallest absolute Gasteiger partial charge is 0.343 e. The van der Waals surface area contributed by atoms with Gasteiger partial charge in [0, 0.05) is 12.0 Å². The number of allylic oxidation sites excluding steroid dienone is 3. The van der Waals surface area contributed by atoms with E-state index in [-0.39, 0.29) is 18.3 Å². The maximum absolute atomic E-state index is 12.6. The van der Waals surface area contributed by atoms with Gasteiger partial charge in [0.1, 0.15) is 22.7 Å². The Balaban J connectivity index is 1.74. The van der Waals surface area contributed by atoms with Crippen LogP contribution in [-0.4, -0.2) is 22.4 Å². The number of aliphatic hydroxyl groups is 1. The second-order valence-corrected chi connectivity index (χ2v) is 8.29. The van der Waals surface area contributed by atoms with Crippen LogP contribution in [-0.2, 0) is 0 Å². The van der Waals surface area contributed by atoms with Crippen LogP contribution in [0.2, 0.25) is 0 Å². The monoisotopic (exact) mass is 398 g/mol. The van der Waals surface area contributed by atoms with Gasteiger partial charge in [0.05, 0.1) is 17.6 Å². The summed E-state index contributed by atoms with van der Waals surface area (Å²) in [6, 6.07) is 4.75. The summed E-state index contributed by atoms with van der Waals surface area (Å²) in [7, 11) is 0. The molecule has 1 aromatic carbocycles. The van der Waals surface area contributed by atoms with Gasteiger partial charge >= 0.3 is 5.63 Å². The van der Waals surface area contributed by atoms with Crippen LogP contribution in [0.25, 0.3) is 11.0 Å². The van der Waals surface area contributed by atoms with Gasteiger partial charge in [-0.25, -0.2) is 4.79 Å². The lowest BCUT2D eigenvalue weighted by atomic mass is 9.84. The fourth-order valence-corrected chi connectivity index (χ4v) is 3.87. The van der Waals surface area contributed by atoms with Gasteiger partial charge in [-0.2, -0.15) is 0 Å². The van der Waals surface area contributed by atoms with Gasteiger partial charge in [-0.05, 0) is 58.6 Å². The van der Waals surface area contributed by atoms with Crippen molar-refractivity contribution in [2.45, 2.75) is 64.9 Å². The summed E-state index contributed by atoms with van der Waals surface area (Å²) >= 11 is 0. The number of aromatic hydroxyl groups is 1. The van der Waals surface area contributed by atoms with Gasteiger partial charge < -0.3 is 19.4 Å². The molecule has 0 saturated heterocycles. The SMILES string of the molecule is C/C(=C\CC/C(C)=C/CC[C@@]1(C)Oc2c(c(=O)oc3cc(O)ccc23)[C@@H]1C)CO. The number of hydrogen-bond donors (Lipinski definition) is 2. The van der Waals surface area contributed by atoms with E-state index in [9.17, 15) is 9.90 Å². The number of phenolic OH excluding ortho intramolecular Hbond substituents is 1. The second kappa shape index (κ2) is 8.46. The Morgan fingerprint density at radius 3 is 2.66 bits per heavy atom. The summed E-state index contributed by atoms with van der Waals surface area (Å²) in [4.78, 5) is 12.6. The Hall–Kier alpha value is -2.53. The normalized spacial score (nSPS) is 22.0. The zero-order chi connectivity index (χ0) is 21.2. The van der Waals surface area contributed by atoms with Gasteiger partial charge in [0.25, 0.3) is 0 Å². The first-order valence-corrected chi connectivity index (χ1v) is 10.2. The molecule has 0 amide bonds. The molecule has 0 aliphatic carbocycles. The first kappa shape index (κ1) is 21.2. The molecule has 5 heteroatoms. The molecule has 1 aliphatic heterocycles. The number of fused-ring (bicyclic) bond motifs is 3. The predicted molar refractivity (Wildman–Crippen MR) is 115 cm³/mol. The van der Waals surface area contributed by atoms with E-state index in [0.717, 1.165) is 31.3 Å². The van der Waals surface area contributed by atoms with Crippen LogP contribution in [0.15, 0.2) is 50.7 Å². The van der Waals surface area contributed by atoms with Crippen LogP contribution in [0.3, 0.4) is 0 Å². The van der Waals surface area contributed by atoms with Crippen LogP contribution in [0.5, 0.6) is 11.5 Å². The average Bonchev–Trinajstić information content (AvgIpc) is 2.93. The molecule has 2 aromatic rings. The van der Waals surface area contributed by atoms with E-state index in [1.54, 1.807) is 12.1 Å². The Labute approximate surface area is 171 Å². The maximum Gasteiger partial charge on any atom is 0.343 e. The highest BCUT2D eigenvalue weighted by atomic mass is 16.5. The fraction of sp³-hybridized carbons (Fsp3) is 0.458. The summed E-state index contributed by atoms with van der Waals surface area (Å²) < 4.78 is 11.8. The van der Waals surface area contributed by atoms with Crippen molar-refractivity contribution in [2.24, 2.45) is 0 Å². The highest BCUT2D eigenvalue weighted by Gasteiger charge is 2.44. The molecule has 5 nitrogen and oxygen atoms in total. The van der Waals surface area contributed by atoms with Gasteiger partial charge in [-0.3, -0.25) is 0 Å². The Bertz CT molecular complexity index is 1010. The van der Waals surface area contributed by atoms with E-state index in [1.165, 1.54) is 11.6 Å². The van der Waals surface area contributed by atoms with Gasteiger partial charge in [-0.15, -0.1) is 0 Å². The number of hydrogen-bond acceptors (Lipinski definition) is 5. The molecule has 0 spiro atoms. The molecule has 2 heterocycles. The maximum atomic E-state index is 12.6. The van der Waals surface area contributed by atoms with Crippen molar-refractivity contribution in [1.29, 1.82) is 0 Å². The van der Waals surface area contributed by atoms with Crippen LogP contribution < -0.4 is 10.4 Å². The fourth-order valence-electron chi connectivity index (χ4n) is 3.87. The summed E-state index contributed by atoms with van der Waals surface area (Å²) in [5.74, 6) is 0.548. The summed E-state index contributed by atoms with van der Waals surface area (Å²) in [6.45, 7) is 8.21. The van der Waals surface area contributed by atoms with Gasteiger partial charge in [0.15, 0.2) is 0 Å². The van der Waals surface area contributed by atoms with Crippen LogP contribution in [0, 0.1) is 0 Å². The second-order valence-electron chi connectivity index (χ2n) is 8.29. The molecule has 0 radical (unpaired) electrons. The molecule has 1 aromatic heterocycles. The molecule has 2 N–H and O–H groups in total. The minimum atomic E-state index is -0.493. The Morgan fingerprint density at radius 1 is 1.21 bits per heavy atom. The number of ether oxygens (including phenoxy) is 1. The minimum absolute atomic E-state index is 0.0547. The van der Waals surface area contributed by atoms with Crippen LogP contribution in [0.4, 0.5) is 0 Å². The topological polar surface area (TPSA) is 79.9 Å². The number of benzene rings is 1. The van der Waals surface area contributed by atoms with Gasteiger partial charge in [0.2, 0.25) is 0 Å². The predicted octanol–water partition coefficient (Wildman–Crippen LogP) is 5.20. The molecule has 29 heavy (non-hydrogen) atoms. The van der Waals surface area contributed by atoms with Crippen molar-refractivity contribution in [2.75, 3.05) is 6.61 Å². The van der Waals surface area contributed by atoms with E-state index in [4.69, 9.17) is 14.3 Å². The quantitative estimate of drug-likeness (QED) is 0.495. The molecular formula is C24H30O5. The van der Waals surface area contributed by atoms with Crippen molar-refractivity contribution in [3.63, 3.8) is 0 Å². The average molecular weight is 398 g/mol. The zero-order valence-electron chi connectivity index (χ0n) is 17.6. The van der Waals surface area contributed by atoms with Crippen LogP contribution in [0.1, 0.15) is 64.9 Å². The largest absolute Gasteiger partial charge is 0.508 e. The lowest BCUT2D eigenvalue weighted by Crippen LogP contribution is -2.33. The highest BCUT2D eigenvalue weighted by molar-refractivity contribution is 5.86. The third-order valence-corrected chi connectivity index (χ3v) is 5.98. The van der Waals surface area contributed by atoms with Crippen LogP contribution >= 0.6 is 0 Å². The first-order valence-electron chi connectivity index (χ1n) is 10.2. The Morgan fingerprint density at radius 2 is 1.93 bits per heavy atom. The summed E-state index contributed by atoms with van der Waals surface area (Å²) in [6.07, 6.45) is 7.81.